The number of thiophene rings is 1. The highest BCUT2D eigenvalue weighted by Crippen LogP contribution is 2.38. The van der Waals surface area contributed by atoms with E-state index in [4.69, 9.17) is 0 Å². The van der Waals surface area contributed by atoms with Crippen molar-refractivity contribution in [2.75, 3.05) is 11.9 Å². The highest BCUT2D eigenvalue weighted by atomic mass is 32.2. The van der Waals surface area contributed by atoms with Gasteiger partial charge in [-0.2, -0.15) is 9.57 Å². The molecule has 0 radical (unpaired) electrons. The van der Waals surface area contributed by atoms with Crippen LogP contribution in [0.15, 0.2) is 29.2 Å². The minimum absolute atomic E-state index is 0.0518. The summed E-state index contributed by atoms with van der Waals surface area (Å²) in [5.41, 5.74) is 2.02. The van der Waals surface area contributed by atoms with Gasteiger partial charge in [-0.25, -0.2) is 8.42 Å². The zero-order valence-corrected chi connectivity index (χ0v) is 20.0. The van der Waals surface area contributed by atoms with Crippen molar-refractivity contribution in [1.29, 1.82) is 5.26 Å². The number of carbonyl (C=O) groups excluding carboxylic acids is 1. The van der Waals surface area contributed by atoms with Crippen LogP contribution in [0.3, 0.4) is 0 Å². The maximum atomic E-state index is 13.2. The summed E-state index contributed by atoms with van der Waals surface area (Å²) < 4.78 is 28.1. The van der Waals surface area contributed by atoms with Crippen molar-refractivity contribution in [3.8, 4) is 6.07 Å². The zero-order chi connectivity index (χ0) is 22.7. The van der Waals surface area contributed by atoms with Crippen molar-refractivity contribution in [3.05, 3.63) is 45.8 Å². The van der Waals surface area contributed by atoms with E-state index in [-0.39, 0.29) is 16.8 Å². The number of rotatable bonds is 6. The highest BCUT2D eigenvalue weighted by molar-refractivity contribution is 7.89. The number of aryl methyl sites for hydroxylation is 1. The molecule has 0 saturated heterocycles. The van der Waals surface area contributed by atoms with Gasteiger partial charge in [0.2, 0.25) is 10.0 Å². The topological polar surface area (TPSA) is 90.3 Å². The van der Waals surface area contributed by atoms with Crippen LogP contribution in [-0.4, -0.2) is 31.2 Å². The first-order valence-electron chi connectivity index (χ1n) is 11.4. The van der Waals surface area contributed by atoms with Crippen molar-refractivity contribution >= 4 is 32.3 Å². The number of hydrogen-bond acceptors (Lipinski definition) is 5. The van der Waals surface area contributed by atoms with Crippen LogP contribution in [0.2, 0.25) is 0 Å². The Bertz CT molecular complexity index is 1120. The number of nitrogens with one attached hydrogen (secondary N) is 1. The molecule has 1 saturated carbocycles. The van der Waals surface area contributed by atoms with Gasteiger partial charge in [-0.1, -0.05) is 26.2 Å². The number of amides is 1. The molecule has 32 heavy (non-hydrogen) atoms. The molecule has 0 unspecified atom stereocenters. The number of nitriles is 1. The fraction of sp³-hybridized carbons (Fsp3) is 0.500. The number of anilines is 1. The van der Waals surface area contributed by atoms with Crippen LogP contribution in [0, 0.1) is 11.3 Å². The van der Waals surface area contributed by atoms with Gasteiger partial charge in [0.25, 0.3) is 5.91 Å². The van der Waals surface area contributed by atoms with Crippen molar-refractivity contribution in [1.82, 2.24) is 4.31 Å². The molecule has 2 aromatic rings. The van der Waals surface area contributed by atoms with Gasteiger partial charge in [0.1, 0.15) is 11.1 Å². The van der Waals surface area contributed by atoms with Crippen molar-refractivity contribution < 1.29 is 13.2 Å². The molecule has 0 spiro atoms. The van der Waals surface area contributed by atoms with Crippen LogP contribution in [-0.2, 0) is 22.9 Å². The second kappa shape index (κ2) is 9.74. The van der Waals surface area contributed by atoms with Gasteiger partial charge in [-0.3, -0.25) is 4.79 Å². The van der Waals surface area contributed by atoms with Crippen LogP contribution in [0.1, 0.15) is 78.2 Å². The third kappa shape index (κ3) is 4.47. The van der Waals surface area contributed by atoms with Gasteiger partial charge in [0.05, 0.1) is 10.5 Å². The van der Waals surface area contributed by atoms with Gasteiger partial charge in [0, 0.05) is 23.0 Å². The lowest BCUT2D eigenvalue weighted by Crippen LogP contribution is -2.41. The number of sulfonamides is 1. The van der Waals surface area contributed by atoms with Gasteiger partial charge in [-0.05, 0) is 68.4 Å². The minimum atomic E-state index is -3.60. The fourth-order valence-corrected chi connectivity index (χ4v) is 7.78. The molecule has 1 aromatic heterocycles. The Kier molecular flexibility index (Phi) is 6.99. The van der Waals surface area contributed by atoms with Crippen molar-refractivity contribution in [2.45, 2.75) is 75.6 Å². The number of hydrogen-bond donors (Lipinski definition) is 1. The lowest BCUT2D eigenvalue weighted by atomic mass is 9.95. The lowest BCUT2D eigenvalue weighted by molar-refractivity contribution is 0.102. The van der Waals surface area contributed by atoms with E-state index < -0.39 is 10.0 Å². The highest BCUT2D eigenvalue weighted by Gasteiger charge is 2.31. The van der Waals surface area contributed by atoms with E-state index >= 15 is 0 Å². The summed E-state index contributed by atoms with van der Waals surface area (Å²) in [6.07, 6.45) is 9.10. The number of benzene rings is 1. The summed E-state index contributed by atoms with van der Waals surface area (Å²) >= 11 is 1.48. The quantitative estimate of drug-likeness (QED) is 0.635. The van der Waals surface area contributed by atoms with Gasteiger partial charge in [-0.15, -0.1) is 11.3 Å². The maximum Gasteiger partial charge on any atom is 0.256 e. The smallest absolute Gasteiger partial charge is 0.256 e. The van der Waals surface area contributed by atoms with Gasteiger partial charge >= 0.3 is 0 Å². The lowest BCUT2D eigenvalue weighted by Gasteiger charge is -2.32. The van der Waals surface area contributed by atoms with E-state index in [2.05, 4.69) is 11.4 Å². The predicted octanol–water partition coefficient (Wildman–Crippen LogP) is 5.09. The first-order valence-corrected chi connectivity index (χ1v) is 13.7. The molecule has 6 nitrogen and oxygen atoms in total. The van der Waals surface area contributed by atoms with E-state index in [9.17, 15) is 18.5 Å². The molecule has 1 heterocycles. The Balaban J connectivity index is 1.52. The molecule has 1 aromatic carbocycles. The molecule has 2 aliphatic rings. The number of fused-ring (bicyclic) bond motifs is 1. The molecule has 0 atom stereocenters. The summed E-state index contributed by atoms with van der Waals surface area (Å²) in [4.78, 5) is 14.2. The molecule has 170 valence electrons. The largest absolute Gasteiger partial charge is 0.312 e. The van der Waals surface area contributed by atoms with E-state index in [1.54, 1.807) is 16.4 Å². The van der Waals surface area contributed by atoms with Crippen molar-refractivity contribution in [2.24, 2.45) is 0 Å². The Hall–Kier alpha value is -2.21. The summed E-state index contributed by atoms with van der Waals surface area (Å²) in [6, 6.07) is 8.43. The van der Waals surface area contributed by atoms with E-state index in [0.717, 1.165) is 56.9 Å². The second-order valence-electron chi connectivity index (χ2n) is 8.51. The Labute approximate surface area is 194 Å². The number of nitrogens with zero attached hydrogens (tertiary/aromatic N) is 2. The Morgan fingerprint density at radius 3 is 2.47 bits per heavy atom. The van der Waals surface area contributed by atoms with Crippen LogP contribution in [0.4, 0.5) is 5.00 Å². The standard InChI is InChI=1S/C24H29N3O3S2/c1-2-27(18-8-4-3-5-9-18)32(29,30)19-14-12-17(13-15-19)23(28)26-24-21(16-25)20-10-6-7-11-22(20)31-24/h12-15,18H,2-11H2,1H3,(H,26,28). The SMILES string of the molecule is CCN(C1CCCCC1)S(=O)(=O)c1ccc(C(=O)Nc2sc3c(c2C#N)CCCC3)cc1. The third-order valence-electron chi connectivity index (χ3n) is 6.53. The summed E-state index contributed by atoms with van der Waals surface area (Å²) in [6.45, 7) is 2.32. The van der Waals surface area contributed by atoms with Crippen LogP contribution >= 0.6 is 11.3 Å². The Morgan fingerprint density at radius 2 is 1.81 bits per heavy atom. The molecule has 1 N–H and O–H groups in total. The fourth-order valence-electron chi connectivity index (χ4n) is 4.85. The average Bonchev–Trinajstić information content (AvgIpc) is 3.17. The van der Waals surface area contributed by atoms with Crippen LogP contribution < -0.4 is 5.32 Å². The molecule has 4 rings (SSSR count). The maximum absolute atomic E-state index is 13.2. The number of carbonyl (C=O) groups is 1. The monoisotopic (exact) mass is 471 g/mol. The van der Waals surface area contributed by atoms with Gasteiger partial charge < -0.3 is 5.32 Å². The molecule has 1 fully saturated rings. The molecule has 8 heteroatoms. The molecule has 0 bridgehead atoms. The molecule has 0 aliphatic heterocycles. The summed E-state index contributed by atoms with van der Waals surface area (Å²) in [5, 5.41) is 13.1. The Morgan fingerprint density at radius 1 is 1.12 bits per heavy atom. The molecular weight excluding hydrogens is 442 g/mol. The molecular formula is C24H29N3O3S2. The molecule has 1 amide bonds. The summed E-state index contributed by atoms with van der Waals surface area (Å²) in [7, 11) is -3.60. The summed E-state index contributed by atoms with van der Waals surface area (Å²) in [5.74, 6) is -0.330. The van der Waals surface area contributed by atoms with E-state index in [1.807, 2.05) is 6.92 Å². The van der Waals surface area contributed by atoms with Crippen LogP contribution in [0.25, 0.3) is 0 Å². The second-order valence-corrected chi connectivity index (χ2v) is 11.5. The van der Waals surface area contributed by atoms with E-state index in [0.29, 0.717) is 22.7 Å². The predicted molar refractivity (Wildman–Crippen MR) is 127 cm³/mol. The van der Waals surface area contributed by atoms with Gasteiger partial charge in [0.15, 0.2) is 0 Å². The van der Waals surface area contributed by atoms with E-state index in [1.165, 1.54) is 34.8 Å². The minimum Gasteiger partial charge on any atom is -0.312 e. The molecule has 2 aliphatic carbocycles. The third-order valence-corrected chi connectivity index (χ3v) is 9.78. The average molecular weight is 472 g/mol. The zero-order valence-electron chi connectivity index (χ0n) is 18.4. The first-order chi connectivity index (χ1) is 15.5. The normalized spacial score (nSPS) is 17.0. The van der Waals surface area contributed by atoms with Crippen LogP contribution in [0.5, 0.6) is 0 Å². The first kappa shape index (κ1) is 23.0. The van der Waals surface area contributed by atoms with Crippen molar-refractivity contribution in [3.63, 3.8) is 0 Å².